The van der Waals surface area contributed by atoms with E-state index in [9.17, 15) is 9.00 Å². The van der Waals surface area contributed by atoms with Crippen molar-refractivity contribution in [1.29, 1.82) is 0 Å². The third kappa shape index (κ3) is 5.84. The van der Waals surface area contributed by atoms with Gasteiger partial charge in [-0.25, -0.2) is 23.5 Å². The summed E-state index contributed by atoms with van der Waals surface area (Å²) in [6, 6.07) is 13.2. The van der Waals surface area contributed by atoms with E-state index >= 15 is 0 Å². The van der Waals surface area contributed by atoms with Crippen LogP contribution in [0.1, 0.15) is 39.3 Å². The Kier molecular flexibility index (Phi) is 8.64. The minimum absolute atomic E-state index is 0.112. The summed E-state index contributed by atoms with van der Waals surface area (Å²) in [5, 5.41) is 6.40. The zero-order valence-corrected chi connectivity index (χ0v) is 25.0. The first-order chi connectivity index (χ1) is 21.0. The van der Waals surface area contributed by atoms with E-state index in [1.165, 1.54) is 0 Å². The summed E-state index contributed by atoms with van der Waals surface area (Å²) in [5.74, 6) is 2.42. The van der Waals surface area contributed by atoms with E-state index in [0.717, 1.165) is 52.7 Å². The van der Waals surface area contributed by atoms with Crippen LogP contribution in [-0.2, 0) is 28.8 Å². The zero-order chi connectivity index (χ0) is 29.8. The maximum absolute atomic E-state index is 13.7. The molecule has 2 aliphatic rings. The van der Waals surface area contributed by atoms with Crippen LogP contribution in [0.2, 0.25) is 0 Å². The molecule has 1 aromatic carbocycles. The Hall–Kier alpha value is -3.93. The number of morpholine rings is 1. The molecular weight excluding hydrogens is 568 g/mol. The topological polar surface area (TPSA) is 121 Å². The minimum Gasteiger partial charge on any atom is -0.377 e. The summed E-state index contributed by atoms with van der Waals surface area (Å²) in [7, 11) is -3.29. The fourth-order valence-electron chi connectivity index (χ4n) is 5.60. The second-order valence-corrected chi connectivity index (χ2v) is 12.5. The number of benzene rings is 1. The van der Waals surface area contributed by atoms with E-state index in [2.05, 4.69) is 21.4 Å². The van der Waals surface area contributed by atoms with Crippen LogP contribution in [0.15, 0.2) is 69.7 Å². The lowest BCUT2D eigenvalue weighted by molar-refractivity contribution is -0.0383. The lowest BCUT2D eigenvalue weighted by atomic mass is 10.00. The summed E-state index contributed by atoms with van der Waals surface area (Å²) >= 11 is 0. The van der Waals surface area contributed by atoms with Crippen molar-refractivity contribution >= 4 is 32.4 Å². The summed E-state index contributed by atoms with van der Waals surface area (Å²) in [6.07, 6.45) is 6.36. The molecule has 2 aliphatic heterocycles. The first kappa shape index (κ1) is 29.2. The molecule has 0 N–H and O–H groups in total. The molecular formula is C31H34N6O5S. The Labute approximate surface area is 250 Å². The molecule has 0 radical (unpaired) electrons. The quantitative estimate of drug-likeness (QED) is 0.198. The van der Waals surface area contributed by atoms with E-state index in [1.807, 2.05) is 28.9 Å². The average Bonchev–Trinajstić information content (AvgIpc) is 3.54. The maximum atomic E-state index is 13.7. The van der Waals surface area contributed by atoms with Crippen molar-refractivity contribution in [2.75, 3.05) is 37.9 Å². The molecule has 3 aromatic heterocycles. The molecule has 6 rings (SSSR count). The van der Waals surface area contributed by atoms with Crippen LogP contribution in [0.4, 0.5) is 5.82 Å². The van der Waals surface area contributed by atoms with Gasteiger partial charge in [-0.3, -0.25) is 4.98 Å². The average molecular weight is 603 g/mol. The third-order valence-electron chi connectivity index (χ3n) is 7.70. The zero-order valence-electron chi connectivity index (χ0n) is 24.2. The van der Waals surface area contributed by atoms with E-state index in [1.54, 1.807) is 43.5 Å². The van der Waals surface area contributed by atoms with Crippen molar-refractivity contribution in [2.24, 2.45) is 4.53 Å². The van der Waals surface area contributed by atoms with Crippen molar-refractivity contribution in [3.8, 4) is 22.5 Å². The smallest absolute Gasteiger partial charge is 0.150 e. The molecule has 2 saturated heterocycles. The highest BCUT2D eigenvalue weighted by molar-refractivity contribution is 7.96. The molecule has 0 amide bonds. The van der Waals surface area contributed by atoms with Gasteiger partial charge in [0.05, 0.1) is 36.5 Å². The first-order valence-corrected chi connectivity index (χ1v) is 16.1. The number of anilines is 1. The van der Waals surface area contributed by atoms with Crippen molar-refractivity contribution in [1.82, 2.24) is 19.7 Å². The van der Waals surface area contributed by atoms with E-state index < -0.39 is 9.73 Å². The van der Waals surface area contributed by atoms with Gasteiger partial charge in [-0.1, -0.05) is 16.7 Å². The first-order valence-electron chi connectivity index (χ1n) is 14.5. The summed E-state index contributed by atoms with van der Waals surface area (Å²) < 4.78 is 31.2. The SMILES string of the molecule is CCON=S(=O)(C=C=O)c1cccc(-c2cc(N3CCOC[C@H]3C)nc3c(-c4ccnn4C4CCCCO4)nccc23)c1. The number of hydrogen-bond acceptors (Lipinski definition) is 10. The van der Waals surface area contributed by atoms with Gasteiger partial charge < -0.3 is 14.4 Å². The Morgan fingerprint density at radius 2 is 2.09 bits per heavy atom. The lowest BCUT2D eigenvalue weighted by Crippen LogP contribution is -2.44. The van der Waals surface area contributed by atoms with E-state index in [0.29, 0.717) is 42.5 Å². The molecule has 0 aliphatic carbocycles. The Bertz CT molecular complexity index is 1790. The third-order valence-corrected chi connectivity index (χ3v) is 9.37. The fourth-order valence-corrected chi connectivity index (χ4v) is 6.83. The van der Waals surface area contributed by atoms with E-state index in [4.69, 9.17) is 24.3 Å². The van der Waals surface area contributed by atoms with Crippen molar-refractivity contribution in [2.45, 2.75) is 50.3 Å². The molecule has 3 atom stereocenters. The molecule has 12 heteroatoms. The van der Waals surface area contributed by atoms with Crippen LogP contribution in [-0.4, -0.2) is 68.9 Å². The molecule has 224 valence electrons. The van der Waals surface area contributed by atoms with Crippen molar-refractivity contribution in [3.05, 3.63) is 60.3 Å². The number of ether oxygens (including phenoxy) is 2. The number of carbonyl (C=O) groups excluding carboxylic acids is 1. The van der Waals surface area contributed by atoms with Crippen LogP contribution >= 0.6 is 0 Å². The van der Waals surface area contributed by atoms with Gasteiger partial charge in [0.25, 0.3) is 0 Å². The molecule has 0 saturated carbocycles. The Balaban J connectivity index is 1.57. The number of rotatable bonds is 8. The normalized spacial score (nSPS) is 20.4. The van der Waals surface area contributed by atoms with Gasteiger partial charge in [-0.15, -0.1) is 0 Å². The largest absolute Gasteiger partial charge is 0.377 e. The van der Waals surface area contributed by atoms with Gasteiger partial charge in [-0.05, 0) is 74.6 Å². The highest BCUT2D eigenvalue weighted by atomic mass is 32.2. The molecule has 11 nitrogen and oxygen atoms in total. The molecule has 4 aromatic rings. The molecule has 0 bridgehead atoms. The lowest BCUT2D eigenvalue weighted by Gasteiger charge is -2.34. The second-order valence-electron chi connectivity index (χ2n) is 10.5. The van der Waals surface area contributed by atoms with Crippen LogP contribution in [0.5, 0.6) is 0 Å². The van der Waals surface area contributed by atoms with Crippen LogP contribution in [0.3, 0.4) is 0 Å². The van der Waals surface area contributed by atoms with Gasteiger partial charge in [-0.2, -0.15) is 5.10 Å². The minimum atomic E-state index is -3.29. The van der Waals surface area contributed by atoms with Crippen LogP contribution in [0, 0.1) is 0 Å². The van der Waals surface area contributed by atoms with Crippen molar-refractivity contribution in [3.63, 3.8) is 0 Å². The number of fused-ring (bicyclic) bond motifs is 1. The Morgan fingerprint density at radius 1 is 1.19 bits per heavy atom. The number of nitrogens with zero attached hydrogens (tertiary/aromatic N) is 6. The number of pyridine rings is 2. The van der Waals surface area contributed by atoms with Gasteiger partial charge in [0.1, 0.15) is 38.1 Å². The number of aromatic nitrogens is 4. The maximum Gasteiger partial charge on any atom is 0.150 e. The van der Waals surface area contributed by atoms with Gasteiger partial charge in [0.2, 0.25) is 0 Å². The van der Waals surface area contributed by atoms with Gasteiger partial charge >= 0.3 is 0 Å². The molecule has 43 heavy (non-hydrogen) atoms. The highest BCUT2D eigenvalue weighted by Crippen LogP contribution is 2.38. The summed E-state index contributed by atoms with van der Waals surface area (Å²) in [4.78, 5) is 29.0. The predicted octanol–water partition coefficient (Wildman–Crippen LogP) is 5.21. The highest BCUT2D eigenvalue weighted by Gasteiger charge is 2.26. The van der Waals surface area contributed by atoms with Crippen molar-refractivity contribution < 1.29 is 23.3 Å². The van der Waals surface area contributed by atoms with E-state index in [-0.39, 0.29) is 18.9 Å². The van der Waals surface area contributed by atoms with Gasteiger partial charge in [0.15, 0.2) is 6.23 Å². The molecule has 2 fully saturated rings. The summed E-state index contributed by atoms with van der Waals surface area (Å²) in [6.45, 7) is 6.64. The number of hydrogen-bond donors (Lipinski definition) is 0. The predicted molar refractivity (Wildman–Crippen MR) is 163 cm³/mol. The summed E-state index contributed by atoms with van der Waals surface area (Å²) in [5.41, 5.74) is 3.89. The van der Waals surface area contributed by atoms with Crippen LogP contribution < -0.4 is 4.90 Å². The monoisotopic (exact) mass is 602 g/mol. The standard InChI is InChI=1S/C31H34N6O5S/c1-3-42-35-43(39,18-15-38)24-8-6-7-23(19-24)26-20-28(36-14-17-40-21-22(36)2)34-30-25(26)10-12-32-31(30)27-11-13-33-37(27)29-9-4-5-16-41-29/h6-8,10-13,18-20,22,29H,3-5,9,14,16-17,21H2,1-2H3/t22-,29?,43?/m1/s1. The molecule has 0 spiro atoms. The second kappa shape index (κ2) is 12.7. The molecule has 2 unspecified atom stereocenters. The van der Waals surface area contributed by atoms with Gasteiger partial charge in [0, 0.05) is 30.9 Å². The fraction of sp³-hybridized carbons (Fsp3) is 0.387. The molecule has 5 heterocycles. The Morgan fingerprint density at radius 3 is 2.88 bits per heavy atom. The van der Waals surface area contributed by atoms with Crippen LogP contribution in [0.25, 0.3) is 33.4 Å².